The highest BCUT2D eigenvalue weighted by atomic mass is 127. The van der Waals surface area contributed by atoms with Crippen molar-refractivity contribution in [2.24, 2.45) is 0 Å². The highest BCUT2D eigenvalue weighted by molar-refractivity contribution is 14.1. The standard InChI is InChI=1S/C12H16INO3/c1-2-12(7-15,8-16)14-11(17)9-5-3-4-6-10(9)13/h3-6,15-16H,2,7-8H2,1H3,(H,14,17). The quantitative estimate of drug-likeness (QED) is 0.699. The van der Waals surface area contributed by atoms with E-state index in [1.807, 2.05) is 19.1 Å². The smallest absolute Gasteiger partial charge is 0.252 e. The van der Waals surface area contributed by atoms with E-state index in [2.05, 4.69) is 27.9 Å². The molecule has 0 aromatic heterocycles. The number of benzene rings is 1. The van der Waals surface area contributed by atoms with E-state index >= 15 is 0 Å². The molecule has 5 heteroatoms. The zero-order valence-corrected chi connectivity index (χ0v) is 11.8. The second-order valence-electron chi connectivity index (χ2n) is 3.88. The monoisotopic (exact) mass is 349 g/mol. The van der Waals surface area contributed by atoms with Crippen molar-refractivity contribution in [2.45, 2.75) is 18.9 Å². The first-order valence-corrected chi connectivity index (χ1v) is 6.45. The van der Waals surface area contributed by atoms with Crippen molar-refractivity contribution in [3.8, 4) is 0 Å². The van der Waals surface area contributed by atoms with Crippen LogP contribution >= 0.6 is 22.6 Å². The fourth-order valence-electron chi connectivity index (χ4n) is 1.39. The summed E-state index contributed by atoms with van der Waals surface area (Å²) < 4.78 is 0.837. The second-order valence-corrected chi connectivity index (χ2v) is 5.05. The van der Waals surface area contributed by atoms with Crippen LogP contribution in [-0.2, 0) is 0 Å². The van der Waals surface area contributed by atoms with E-state index in [9.17, 15) is 15.0 Å². The minimum atomic E-state index is -0.948. The topological polar surface area (TPSA) is 69.6 Å². The lowest BCUT2D eigenvalue weighted by atomic mass is 9.98. The van der Waals surface area contributed by atoms with Crippen LogP contribution in [0.3, 0.4) is 0 Å². The van der Waals surface area contributed by atoms with Crippen LogP contribution in [0.4, 0.5) is 0 Å². The van der Waals surface area contributed by atoms with Crippen molar-refractivity contribution >= 4 is 28.5 Å². The zero-order valence-electron chi connectivity index (χ0n) is 9.61. The molecule has 0 spiro atoms. The fourth-order valence-corrected chi connectivity index (χ4v) is 2.03. The van der Waals surface area contributed by atoms with Gasteiger partial charge in [-0.3, -0.25) is 4.79 Å². The first-order chi connectivity index (χ1) is 8.08. The number of aliphatic hydroxyl groups is 2. The van der Waals surface area contributed by atoms with Gasteiger partial charge in [0.25, 0.3) is 5.91 Å². The van der Waals surface area contributed by atoms with Crippen LogP contribution in [0, 0.1) is 3.57 Å². The Hall–Kier alpha value is -0.660. The summed E-state index contributed by atoms with van der Waals surface area (Å²) in [7, 11) is 0. The van der Waals surface area contributed by atoms with Gasteiger partial charge in [0.15, 0.2) is 0 Å². The molecule has 0 saturated heterocycles. The van der Waals surface area contributed by atoms with Gasteiger partial charge in [-0.25, -0.2) is 0 Å². The van der Waals surface area contributed by atoms with Crippen molar-refractivity contribution in [3.05, 3.63) is 33.4 Å². The first kappa shape index (κ1) is 14.4. The van der Waals surface area contributed by atoms with E-state index < -0.39 is 5.54 Å². The molecule has 1 amide bonds. The van der Waals surface area contributed by atoms with Gasteiger partial charge in [0, 0.05) is 3.57 Å². The third-order valence-electron chi connectivity index (χ3n) is 2.78. The summed E-state index contributed by atoms with van der Waals surface area (Å²) >= 11 is 2.08. The molecule has 0 atom stereocenters. The van der Waals surface area contributed by atoms with E-state index in [0.29, 0.717) is 12.0 Å². The minimum absolute atomic E-state index is 0.278. The molecule has 0 radical (unpaired) electrons. The summed E-state index contributed by atoms with van der Waals surface area (Å²) in [6.07, 6.45) is 0.467. The number of aliphatic hydroxyl groups excluding tert-OH is 2. The van der Waals surface area contributed by atoms with Crippen LogP contribution in [0.1, 0.15) is 23.7 Å². The van der Waals surface area contributed by atoms with Crippen LogP contribution in [-0.4, -0.2) is 34.9 Å². The first-order valence-electron chi connectivity index (χ1n) is 5.37. The Morgan fingerprint density at radius 2 is 1.94 bits per heavy atom. The Morgan fingerprint density at radius 3 is 2.41 bits per heavy atom. The number of halogens is 1. The van der Waals surface area contributed by atoms with Crippen molar-refractivity contribution < 1.29 is 15.0 Å². The maximum atomic E-state index is 12.0. The molecule has 0 aliphatic rings. The van der Waals surface area contributed by atoms with Crippen molar-refractivity contribution in [1.82, 2.24) is 5.32 Å². The molecule has 1 rings (SSSR count). The predicted molar refractivity (Wildman–Crippen MR) is 73.8 cm³/mol. The molecule has 0 heterocycles. The van der Waals surface area contributed by atoms with Crippen molar-refractivity contribution in [2.75, 3.05) is 13.2 Å². The normalized spacial score (nSPS) is 11.3. The van der Waals surface area contributed by atoms with Crippen LogP contribution < -0.4 is 5.32 Å². The van der Waals surface area contributed by atoms with E-state index in [1.54, 1.807) is 12.1 Å². The number of rotatable bonds is 5. The number of hydrogen-bond acceptors (Lipinski definition) is 3. The Balaban J connectivity index is 2.89. The zero-order chi connectivity index (χ0) is 12.9. The second kappa shape index (κ2) is 6.32. The molecule has 1 aromatic carbocycles. The van der Waals surface area contributed by atoms with Gasteiger partial charge >= 0.3 is 0 Å². The van der Waals surface area contributed by atoms with Gasteiger partial charge in [0.2, 0.25) is 0 Å². The lowest BCUT2D eigenvalue weighted by Crippen LogP contribution is -2.53. The van der Waals surface area contributed by atoms with Crippen LogP contribution in [0.15, 0.2) is 24.3 Å². The summed E-state index contributed by atoms with van der Waals surface area (Å²) in [5.74, 6) is -0.278. The average Bonchev–Trinajstić information content (AvgIpc) is 2.36. The Labute approximate surface area is 114 Å². The lowest BCUT2D eigenvalue weighted by Gasteiger charge is -2.29. The average molecular weight is 349 g/mol. The van der Waals surface area contributed by atoms with E-state index in [-0.39, 0.29) is 19.1 Å². The summed E-state index contributed by atoms with van der Waals surface area (Å²) in [5.41, 5.74) is -0.399. The summed E-state index contributed by atoms with van der Waals surface area (Å²) in [5, 5.41) is 21.2. The molecule has 94 valence electrons. The highest BCUT2D eigenvalue weighted by Crippen LogP contribution is 2.14. The number of carbonyl (C=O) groups is 1. The molecule has 3 N–H and O–H groups in total. The SMILES string of the molecule is CCC(CO)(CO)NC(=O)c1ccccc1I. The van der Waals surface area contributed by atoms with Gasteiger partial charge in [-0.05, 0) is 41.1 Å². The molecule has 1 aromatic rings. The number of carbonyl (C=O) groups excluding carboxylic acids is 1. The summed E-state index contributed by atoms with van der Waals surface area (Å²) in [6.45, 7) is 1.24. The molecule has 4 nitrogen and oxygen atoms in total. The van der Waals surface area contributed by atoms with Crippen molar-refractivity contribution in [3.63, 3.8) is 0 Å². The van der Waals surface area contributed by atoms with Crippen LogP contribution in [0.2, 0.25) is 0 Å². The molecule has 0 aliphatic heterocycles. The molecule has 0 fully saturated rings. The van der Waals surface area contributed by atoms with Crippen molar-refractivity contribution in [1.29, 1.82) is 0 Å². The molecule has 0 aliphatic carbocycles. The summed E-state index contributed by atoms with van der Waals surface area (Å²) in [6, 6.07) is 7.18. The lowest BCUT2D eigenvalue weighted by molar-refractivity contribution is 0.0652. The van der Waals surface area contributed by atoms with Gasteiger partial charge in [0.05, 0.1) is 24.3 Å². The Kier molecular flexibility index (Phi) is 5.35. The Morgan fingerprint density at radius 1 is 1.35 bits per heavy atom. The van der Waals surface area contributed by atoms with Gasteiger partial charge in [-0.15, -0.1) is 0 Å². The maximum Gasteiger partial charge on any atom is 0.252 e. The maximum absolute atomic E-state index is 12.0. The Bertz CT molecular complexity index is 383. The van der Waals surface area contributed by atoms with Gasteiger partial charge in [-0.2, -0.15) is 0 Å². The largest absolute Gasteiger partial charge is 0.394 e. The van der Waals surface area contributed by atoms with Crippen LogP contribution in [0.5, 0.6) is 0 Å². The number of nitrogens with one attached hydrogen (secondary N) is 1. The molecule has 0 saturated carbocycles. The minimum Gasteiger partial charge on any atom is -0.394 e. The molecular weight excluding hydrogens is 333 g/mol. The third-order valence-corrected chi connectivity index (χ3v) is 3.72. The molecule has 0 bridgehead atoms. The molecular formula is C12H16INO3. The van der Waals surface area contributed by atoms with Gasteiger partial charge < -0.3 is 15.5 Å². The van der Waals surface area contributed by atoms with Crippen LogP contribution in [0.25, 0.3) is 0 Å². The van der Waals surface area contributed by atoms with E-state index in [0.717, 1.165) is 3.57 Å². The highest BCUT2D eigenvalue weighted by Gasteiger charge is 2.29. The van der Waals surface area contributed by atoms with E-state index in [4.69, 9.17) is 0 Å². The fraction of sp³-hybridized carbons (Fsp3) is 0.417. The van der Waals surface area contributed by atoms with E-state index in [1.165, 1.54) is 0 Å². The van der Waals surface area contributed by atoms with Gasteiger partial charge in [0.1, 0.15) is 0 Å². The predicted octanol–water partition coefficient (Wildman–Crippen LogP) is 1.15. The summed E-state index contributed by atoms with van der Waals surface area (Å²) in [4.78, 5) is 12.0. The molecule has 0 unspecified atom stereocenters. The number of hydrogen-bond donors (Lipinski definition) is 3. The number of amides is 1. The molecule has 17 heavy (non-hydrogen) atoms. The third kappa shape index (κ3) is 3.40. The van der Waals surface area contributed by atoms with Gasteiger partial charge in [-0.1, -0.05) is 19.1 Å².